The first kappa shape index (κ1) is 32.5. The Bertz CT molecular complexity index is 1240. The van der Waals surface area contributed by atoms with E-state index in [9.17, 15) is 4.79 Å². The largest absolute Gasteiger partial charge is 0.496 e. The van der Waals surface area contributed by atoms with E-state index in [4.69, 9.17) is 23.7 Å². The maximum Gasteiger partial charge on any atom is 0.216 e. The Hall–Kier alpha value is -3.43. The third kappa shape index (κ3) is 11.0. The van der Waals surface area contributed by atoms with Gasteiger partial charge in [0, 0.05) is 37.9 Å². The summed E-state index contributed by atoms with van der Waals surface area (Å²) in [5, 5.41) is 6.33. The number of hydrogen-bond acceptors (Lipinski definition) is 7. The van der Waals surface area contributed by atoms with E-state index < -0.39 is 0 Å². The van der Waals surface area contributed by atoms with E-state index >= 15 is 0 Å². The summed E-state index contributed by atoms with van der Waals surface area (Å²) < 4.78 is 29.4. The Morgan fingerprint density at radius 2 is 1.58 bits per heavy atom. The van der Waals surface area contributed by atoms with Crippen LogP contribution in [0.5, 0.6) is 11.5 Å². The molecular weight excluding hydrogens is 544 g/mol. The molecule has 0 aliphatic carbocycles. The SMILES string of the molecule is COc1ccccc1COCCCOc1ccc(C2CCNCC2OCCOCc2ccccc2CCNC(C)=O)cc1. The fourth-order valence-electron chi connectivity index (χ4n) is 5.31. The molecule has 232 valence electrons. The molecule has 8 heteroatoms. The van der Waals surface area contributed by atoms with Gasteiger partial charge < -0.3 is 34.3 Å². The smallest absolute Gasteiger partial charge is 0.216 e. The van der Waals surface area contributed by atoms with Crippen molar-refractivity contribution in [2.75, 3.05) is 53.2 Å². The molecule has 1 saturated heterocycles. The second-order valence-electron chi connectivity index (χ2n) is 10.7. The van der Waals surface area contributed by atoms with E-state index in [1.807, 2.05) is 36.4 Å². The van der Waals surface area contributed by atoms with E-state index in [1.54, 1.807) is 7.11 Å². The van der Waals surface area contributed by atoms with Crippen molar-refractivity contribution in [3.05, 3.63) is 95.1 Å². The van der Waals surface area contributed by atoms with Gasteiger partial charge >= 0.3 is 0 Å². The molecule has 3 aromatic rings. The number of carbonyl (C=O) groups excluding carboxylic acids is 1. The van der Waals surface area contributed by atoms with Gasteiger partial charge in [0.1, 0.15) is 11.5 Å². The van der Waals surface area contributed by atoms with E-state index in [-0.39, 0.29) is 12.0 Å². The predicted molar refractivity (Wildman–Crippen MR) is 168 cm³/mol. The molecule has 2 N–H and O–H groups in total. The predicted octanol–water partition coefficient (Wildman–Crippen LogP) is 5.04. The number of ether oxygens (including phenoxy) is 5. The number of piperidine rings is 1. The van der Waals surface area contributed by atoms with E-state index in [2.05, 4.69) is 47.0 Å². The minimum Gasteiger partial charge on any atom is -0.496 e. The van der Waals surface area contributed by atoms with Crippen LogP contribution in [0.4, 0.5) is 0 Å². The fraction of sp³-hybridized carbons (Fsp3) is 0.457. The summed E-state index contributed by atoms with van der Waals surface area (Å²) in [4.78, 5) is 11.2. The molecule has 1 heterocycles. The van der Waals surface area contributed by atoms with Gasteiger partial charge in [0.2, 0.25) is 5.91 Å². The highest BCUT2D eigenvalue weighted by Crippen LogP contribution is 2.29. The summed E-state index contributed by atoms with van der Waals surface area (Å²) in [6, 6.07) is 24.5. The maximum absolute atomic E-state index is 11.2. The molecule has 0 aromatic heterocycles. The molecule has 4 rings (SSSR count). The summed E-state index contributed by atoms with van der Waals surface area (Å²) in [6.07, 6.45) is 2.71. The van der Waals surface area contributed by atoms with Crippen LogP contribution in [0.25, 0.3) is 0 Å². The van der Waals surface area contributed by atoms with Gasteiger partial charge in [-0.15, -0.1) is 0 Å². The topological polar surface area (TPSA) is 87.3 Å². The average Bonchev–Trinajstić information content (AvgIpc) is 3.04. The Kier molecular flexibility index (Phi) is 13.8. The summed E-state index contributed by atoms with van der Waals surface area (Å²) in [6.45, 7) is 7.31. The zero-order valence-electron chi connectivity index (χ0n) is 25.5. The van der Waals surface area contributed by atoms with Gasteiger partial charge in [-0.1, -0.05) is 54.6 Å². The lowest BCUT2D eigenvalue weighted by Crippen LogP contribution is -2.41. The summed E-state index contributed by atoms with van der Waals surface area (Å²) >= 11 is 0. The van der Waals surface area contributed by atoms with Crippen molar-refractivity contribution in [2.24, 2.45) is 0 Å². The lowest BCUT2D eigenvalue weighted by atomic mass is 9.88. The van der Waals surface area contributed by atoms with Gasteiger partial charge in [-0.3, -0.25) is 4.79 Å². The molecule has 3 aromatic carbocycles. The highest BCUT2D eigenvalue weighted by atomic mass is 16.5. The monoisotopic (exact) mass is 590 g/mol. The van der Waals surface area contributed by atoms with Crippen LogP contribution in [0.1, 0.15) is 47.9 Å². The van der Waals surface area contributed by atoms with Crippen LogP contribution < -0.4 is 20.1 Å². The van der Waals surface area contributed by atoms with Crippen LogP contribution in [0.15, 0.2) is 72.8 Å². The van der Waals surface area contributed by atoms with Crippen molar-refractivity contribution in [3.63, 3.8) is 0 Å². The number of methoxy groups -OCH3 is 1. The Morgan fingerprint density at radius 1 is 0.860 bits per heavy atom. The number of amides is 1. The first-order valence-corrected chi connectivity index (χ1v) is 15.3. The van der Waals surface area contributed by atoms with Gasteiger partial charge in [-0.2, -0.15) is 0 Å². The molecular formula is C35H46N2O6. The van der Waals surface area contributed by atoms with Crippen molar-refractivity contribution in [3.8, 4) is 11.5 Å². The van der Waals surface area contributed by atoms with Crippen LogP contribution in [0, 0.1) is 0 Å². The maximum atomic E-state index is 11.2. The minimum absolute atomic E-state index is 0.0101. The molecule has 0 spiro atoms. The molecule has 1 amide bonds. The van der Waals surface area contributed by atoms with Crippen molar-refractivity contribution in [2.45, 2.75) is 51.4 Å². The number of carbonyl (C=O) groups is 1. The van der Waals surface area contributed by atoms with Crippen molar-refractivity contribution in [1.82, 2.24) is 10.6 Å². The van der Waals surface area contributed by atoms with Crippen molar-refractivity contribution < 1.29 is 28.5 Å². The molecule has 2 atom stereocenters. The van der Waals surface area contributed by atoms with E-state index in [0.717, 1.165) is 55.0 Å². The Balaban J connectivity index is 1.14. The van der Waals surface area contributed by atoms with Gasteiger partial charge in [0.25, 0.3) is 0 Å². The van der Waals surface area contributed by atoms with Gasteiger partial charge in [-0.05, 0) is 54.3 Å². The fourth-order valence-corrected chi connectivity index (χ4v) is 5.31. The summed E-state index contributed by atoms with van der Waals surface area (Å²) in [7, 11) is 1.68. The van der Waals surface area contributed by atoms with Gasteiger partial charge in [-0.25, -0.2) is 0 Å². The van der Waals surface area contributed by atoms with Gasteiger partial charge in [0.15, 0.2) is 0 Å². The molecule has 0 saturated carbocycles. The highest BCUT2D eigenvalue weighted by Gasteiger charge is 2.27. The zero-order chi connectivity index (χ0) is 30.1. The molecule has 0 bridgehead atoms. The first-order valence-electron chi connectivity index (χ1n) is 15.3. The minimum atomic E-state index is -0.0101. The number of rotatable bonds is 18. The number of benzene rings is 3. The second-order valence-corrected chi connectivity index (χ2v) is 10.7. The lowest BCUT2D eigenvalue weighted by Gasteiger charge is -2.32. The quantitative estimate of drug-likeness (QED) is 0.201. The zero-order valence-corrected chi connectivity index (χ0v) is 25.5. The molecule has 1 fully saturated rings. The molecule has 0 radical (unpaired) electrons. The van der Waals surface area contributed by atoms with Crippen LogP contribution in [0.3, 0.4) is 0 Å². The Morgan fingerprint density at radius 3 is 2.37 bits per heavy atom. The Labute approximate surface area is 256 Å². The second kappa shape index (κ2) is 18.3. The van der Waals surface area contributed by atoms with Gasteiger partial charge in [0.05, 0.1) is 52.9 Å². The molecule has 8 nitrogen and oxygen atoms in total. The third-order valence-corrected chi connectivity index (χ3v) is 7.59. The van der Waals surface area contributed by atoms with E-state index in [1.165, 1.54) is 18.1 Å². The van der Waals surface area contributed by atoms with E-state index in [0.29, 0.717) is 52.1 Å². The first-order chi connectivity index (χ1) is 21.1. The highest BCUT2D eigenvalue weighted by molar-refractivity contribution is 5.72. The summed E-state index contributed by atoms with van der Waals surface area (Å²) in [5.41, 5.74) is 4.66. The molecule has 2 unspecified atom stereocenters. The number of nitrogens with one attached hydrogen (secondary N) is 2. The molecule has 43 heavy (non-hydrogen) atoms. The molecule has 1 aliphatic rings. The van der Waals surface area contributed by atoms with Crippen molar-refractivity contribution >= 4 is 5.91 Å². The van der Waals surface area contributed by atoms with Crippen LogP contribution in [0.2, 0.25) is 0 Å². The summed E-state index contributed by atoms with van der Waals surface area (Å²) in [5.74, 6) is 2.03. The number of hydrogen-bond donors (Lipinski definition) is 2. The van der Waals surface area contributed by atoms with Crippen LogP contribution in [-0.4, -0.2) is 65.2 Å². The third-order valence-electron chi connectivity index (χ3n) is 7.59. The normalized spacial score (nSPS) is 16.5. The standard InChI is InChI=1S/C35H46N2O6/c1-27(38)37-19-16-28-8-3-4-9-30(28)25-41-22-23-43-35-24-36-18-17-33(35)29-12-14-32(15-13-29)42-21-7-20-40-26-31-10-5-6-11-34(31)39-2/h3-6,8-15,33,35-36H,7,16-26H2,1-2H3,(H,37,38). The van der Waals surface area contributed by atoms with Crippen LogP contribution >= 0.6 is 0 Å². The van der Waals surface area contributed by atoms with Crippen molar-refractivity contribution in [1.29, 1.82) is 0 Å². The average molecular weight is 591 g/mol. The number of para-hydroxylation sites is 1. The molecule has 1 aliphatic heterocycles. The lowest BCUT2D eigenvalue weighted by molar-refractivity contribution is -0.118. The van der Waals surface area contributed by atoms with Crippen LogP contribution in [-0.2, 0) is 38.6 Å².